The molecule has 2 aromatic rings. The number of carboxylic acid groups (broad SMARTS) is 1. The first-order valence-electron chi connectivity index (χ1n) is 9.47. The molecule has 0 aromatic heterocycles. The van der Waals surface area contributed by atoms with Gasteiger partial charge in [-0.1, -0.05) is 19.1 Å². The van der Waals surface area contributed by atoms with Gasteiger partial charge in [0.25, 0.3) is 11.8 Å². The maximum absolute atomic E-state index is 13.0. The van der Waals surface area contributed by atoms with E-state index in [0.29, 0.717) is 15.7 Å². The Morgan fingerprint density at radius 1 is 1.19 bits per heavy atom. The van der Waals surface area contributed by atoms with Crippen molar-refractivity contribution in [1.29, 1.82) is 0 Å². The molecule has 1 fully saturated rings. The van der Waals surface area contributed by atoms with Gasteiger partial charge in [0.2, 0.25) is 0 Å². The number of barbiturate groups is 1. The average Bonchev–Trinajstić information content (AvgIpc) is 2.75. The number of anilines is 1. The standard InChI is InChI=1S/C22H19BrN2O7/c1-3-12-4-6-14(7-5-12)25-21(29)15(20(28)24-22(25)30)8-13-9-16(23)19(17(10-13)31-2)32-11-18(26)27/h4-10H,3,11H2,1-2H3,(H,26,27)(H,24,28,30)/b15-8-. The van der Waals surface area contributed by atoms with Crippen molar-refractivity contribution < 1.29 is 33.8 Å². The number of hydrogen-bond acceptors (Lipinski definition) is 6. The van der Waals surface area contributed by atoms with Crippen LogP contribution >= 0.6 is 15.9 Å². The fourth-order valence-corrected chi connectivity index (χ4v) is 3.61. The number of halogens is 1. The van der Waals surface area contributed by atoms with Gasteiger partial charge >= 0.3 is 12.0 Å². The quantitative estimate of drug-likeness (QED) is 0.440. The van der Waals surface area contributed by atoms with Crippen molar-refractivity contribution >= 4 is 51.5 Å². The molecule has 0 atom stereocenters. The van der Waals surface area contributed by atoms with Crippen LogP contribution in [-0.4, -0.2) is 42.6 Å². The highest BCUT2D eigenvalue weighted by Gasteiger charge is 2.36. The largest absolute Gasteiger partial charge is 0.493 e. The van der Waals surface area contributed by atoms with Gasteiger partial charge in [-0.05, 0) is 63.8 Å². The Labute approximate surface area is 191 Å². The molecule has 0 saturated carbocycles. The lowest BCUT2D eigenvalue weighted by Crippen LogP contribution is -2.54. The summed E-state index contributed by atoms with van der Waals surface area (Å²) in [4.78, 5) is 49.5. The minimum Gasteiger partial charge on any atom is -0.493 e. The number of nitrogens with one attached hydrogen (secondary N) is 1. The molecule has 32 heavy (non-hydrogen) atoms. The zero-order valence-corrected chi connectivity index (χ0v) is 18.8. The molecule has 2 N–H and O–H groups in total. The van der Waals surface area contributed by atoms with E-state index >= 15 is 0 Å². The summed E-state index contributed by atoms with van der Waals surface area (Å²) in [7, 11) is 1.37. The predicted molar refractivity (Wildman–Crippen MR) is 119 cm³/mol. The highest BCUT2D eigenvalue weighted by atomic mass is 79.9. The summed E-state index contributed by atoms with van der Waals surface area (Å²) in [6, 6.07) is 9.05. The second-order valence-corrected chi connectivity index (χ2v) is 7.55. The minimum absolute atomic E-state index is 0.157. The molecule has 10 heteroatoms. The zero-order chi connectivity index (χ0) is 23.4. The number of aliphatic carboxylic acids is 1. The Balaban J connectivity index is 1.98. The van der Waals surface area contributed by atoms with E-state index in [-0.39, 0.29) is 17.1 Å². The molecule has 1 heterocycles. The number of nitrogens with zero attached hydrogens (tertiary/aromatic N) is 1. The summed E-state index contributed by atoms with van der Waals surface area (Å²) >= 11 is 3.28. The third kappa shape index (κ3) is 4.80. The first kappa shape index (κ1) is 23.0. The van der Waals surface area contributed by atoms with Gasteiger partial charge in [-0.2, -0.15) is 0 Å². The summed E-state index contributed by atoms with van der Waals surface area (Å²) in [5.74, 6) is -2.41. The molecule has 0 unspecified atom stereocenters. The van der Waals surface area contributed by atoms with Crippen molar-refractivity contribution in [3.05, 3.63) is 57.6 Å². The molecule has 166 valence electrons. The molecule has 1 aliphatic heterocycles. The summed E-state index contributed by atoms with van der Waals surface area (Å²) < 4.78 is 10.8. The molecule has 4 amide bonds. The molecule has 0 bridgehead atoms. The van der Waals surface area contributed by atoms with Gasteiger partial charge in [-0.25, -0.2) is 14.5 Å². The molecule has 9 nitrogen and oxygen atoms in total. The third-order valence-corrected chi connectivity index (χ3v) is 5.20. The topological polar surface area (TPSA) is 122 Å². The molecule has 0 radical (unpaired) electrons. The number of rotatable bonds is 7. The van der Waals surface area contributed by atoms with Gasteiger partial charge in [0.05, 0.1) is 17.3 Å². The van der Waals surface area contributed by atoms with Crippen molar-refractivity contribution in [3.63, 3.8) is 0 Å². The second kappa shape index (κ2) is 9.65. The van der Waals surface area contributed by atoms with Gasteiger partial charge in [0, 0.05) is 0 Å². The highest BCUT2D eigenvalue weighted by Crippen LogP contribution is 2.37. The van der Waals surface area contributed by atoms with Gasteiger partial charge in [-0.3, -0.25) is 14.9 Å². The predicted octanol–water partition coefficient (Wildman–Crippen LogP) is 3.15. The number of benzene rings is 2. The number of methoxy groups -OCH3 is 1. The smallest absolute Gasteiger partial charge is 0.341 e. The van der Waals surface area contributed by atoms with Crippen molar-refractivity contribution in [3.8, 4) is 11.5 Å². The van der Waals surface area contributed by atoms with E-state index < -0.39 is 30.4 Å². The SMILES string of the molecule is CCc1ccc(N2C(=O)NC(=O)/C(=C/c3cc(Br)c(OCC(=O)O)c(OC)c3)C2=O)cc1. The Morgan fingerprint density at radius 3 is 2.47 bits per heavy atom. The monoisotopic (exact) mass is 502 g/mol. The van der Waals surface area contributed by atoms with Crippen LogP contribution in [0.2, 0.25) is 0 Å². The van der Waals surface area contributed by atoms with Gasteiger partial charge in [0.1, 0.15) is 5.57 Å². The van der Waals surface area contributed by atoms with Crippen LogP contribution in [0.25, 0.3) is 6.08 Å². The van der Waals surface area contributed by atoms with E-state index in [9.17, 15) is 19.2 Å². The van der Waals surface area contributed by atoms with Gasteiger partial charge in [-0.15, -0.1) is 0 Å². The average molecular weight is 503 g/mol. The number of carbonyl (C=O) groups excluding carboxylic acids is 3. The Kier molecular flexibility index (Phi) is 6.94. The lowest BCUT2D eigenvalue weighted by molar-refractivity contribution is -0.139. The fourth-order valence-electron chi connectivity index (χ4n) is 3.04. The maximum atomic E-state index is 13.0. The lowest BCUT2D eigenvalue weighted by atomic mass is 10.1. The number of carboxylic acids is 1. The Bertz CT molecular complexity index is 1130. The molecule has 1 aliphatic rings. The van der Waals surface area contributed by atoms with Crippen LogP contribution in [-0.2, 0) is 20.8 Å². The van der Waals surface area contributed by atoms with Crippen LogP contribution in [0.4, 0.5) is 10.5 Å². The highest BCUT2D eigenvalue weighted by molar-refractivity contribution is 9.10. The molecule has 1 saturated heterocycles. The van der Waals surface area contributed by atoms with Crippen LogP contribution in [0.15, 0.2) is 46.4 Å². The molecule has 0 aliphatic carbocycles. The first-order chi connectivity index (χ1) is 15.2. The summed E-state index contributed by atoms with van der Waals surface area (Å²) in [6.07, 6.45) is 2.11. The summed E-state index contributed by atoms with van der Waals surface area (Å²) in [5.41, 5.74) is 1.51. The fraction of sp³-hybridized carbons (Fsp3) is 0.182. The number of urea groups is 1. The summed E-state index contributed by atoms with van der Waals surface area (Å²) in [6.45, 7) is 1.40. The van der Waals surface area contributed by atoms with Crippen molar-refractivity contribution in [2.24, 2.45) is 0 Å². The number of aryl methyl sites for hydroxylation is 1. The van der Waals surface area contributed by atoms with Crippen molar-refractivity contribution in [2.75, 3.05) is 18.6 Å². The number of amides is 4. The van der Waals surface area contributed by atoms with E-state index in [0.717, 1.165) is 16.9 Å². The maximum Gasteiger partial charge on any atom is 0.341 e. The molecule has 3 rings (SSSR count). The lowest BCUT2D eigenvalue weighted by Gasteiger charge is -2.26. The molecule has 0 spiro atoms. The normalized spacial score (nSPS) is 15.0. The second-order valence-electron chi connectivity index (χ2n) is 6.69. The van der Waals surface area contributed by atoms with E-state index in [2.05, 4.69) is 21.2 Å². The first-order valence-corrected chi connectivity index (χ1v) is 10.3. The van der Waals surface area contributed by atoms with Crippen molar-refractivity contribution in [1.82, 2.24) is 5.32 Å². The van der Waals surface area contributed by atoms with Crippen LogP contribution in [0, 0.1) is 0 Å². The van der Waals surface area contributed by atoms with E-state index in [1.54, 1.807) is 24.3 Å². The molecule has 2 aromatic carbocycles. The zero-order valence-electron chi connectivity index (χ0n) is 17.2. The van der Waals surface area contributed by atoms with E-state index in [1.165, 1.54) is 25.3 Å². The van der Waals surface area contributed by atoms with Crippen LogP contribution in [0.5, 0.6) is 11.5 Å². The molecular weight excluding hydrogens is 484 g/mol. The van der Waals surface area contributed by atoms with Gasteiger partial charge < -0.3 is 14.6 Å². The van der Waals surface area contributed by atoms with Crippen molar-refractivity contribution in [2.45, 2.75) is 13.3 Å². The third-order valence-electron chi connectivity index (χ3n) is 4.61. The van der Waals surface area contributed by atoms with Crippen LogP contribution < -0.4 is 19.7 Å². The van der Waals surface area contributed by atoms with Gasteiger partial charge in [0.15, 0.2) is 18.1 Å². The van der Waals surface area contributed by atoms with E-state index in [1.807, 2.05) is 6.92 Å². The number of hydrogen-bond donors (Lipinski definition) is 2. The number of carbonyl (C=O) groups is 4. The summed E-state index contributed by atoms with van der Waals surface area (Å²) in [5, 5.41) is 11.0. The number of imide groups is 2. The number of ether oxygens (including phenoxy) is 2. The Morgan fingerprint density at radius 2 is 1.88 bits per heavy atom. The van der Waals surface area contributed by atoms with Crippen LogP contribution in [0.3, 0.4) is 0 Å². The molecular formula is C22H19BrN2O7. The van der Waals surface area contributed by atoms with Crippen LogP contribution in [0.1, 0.15) is 18.1 Å². The Hall–Kier alpha value is -3.66. The van der Waals surface area contributed by atoms with E-state index in [4.69, 9.17) is 14.6 Å². The minimum atomic E-state index is -1.16.